The summed E-state index contributed by atoms with van der Waals surface area (Å²) in [7, 11) is 0. The first kappa shape index (κ1) is 14.0. The number of hydrogen-bond acceptors (Lipinski definition) is 2. The highest BCUT2D eigenvalue weighted by Gasteiger charge is 2.37. The maximum Gasteiger partial charge on any atom is 0.123 e. The fourth-order valence-electron chi connectivity index (χ4n) is 3.50. The van der Waals surface area contributed by atoms with Gasteiger partial charge < -0.3 is 10.4 Å². The highest BCUT2D eigenvalue weighted by atomic mass is 19.1. The molecule has 1 aromatic carbocycles. The van der Waals surface area contributed by atoms with E-state index in [0.717, 1.165) is 19.4 Å². The number of aliphatic hydroxyl groups is 1. The highest BCUT2D eigenvalue weighted by molar-refractivity contribution is 5.22. The van der Waals surface area contributed by atoms with Crippen molar-refractivity contribution >= 4 is 0 Å². The van der Waals surface area contributed by atoms with E-state index in [4.69, 9.17) is 0 Å². The minimum atomic E-state index is -0.175. The van der Waals surface area contributed by atoms with Gasteiger partial charge in [0.25, 0.3) is 0 Å². The standard InChI is InChI=1S/C17H24FNO/c18-15-7-5-14(6-8-15)16(13-3-4-13)19-11-17(12-20)9-1-2-10-17/h5-8,13,16,19-20H,1-4,9-12H2. The molecule has 1 atom stereocenters. The smallest absolute Gasteiger partial charge is 0.123 e. The Morgan fingerprint density at radius 1 is 1.20 bits per heavy atom. The maximum absolute atomic E-state index is 13.1. The van der Waals surface area contributed by atoms with Crippen LogP contribution in [0.2, 0.25) is 0 Å². The van der Waals surface area contributed by atoms with E-state index in [2.05, 4.69) is 5.32 Å². The van der Waals surface area contributed by atoms with Crippen LogP contribution in [0, 0.1) is 17.2 Å². The topological polar surface area (TPSA) is 32.3 Å². The largest absolute Gasteiger partial charge is 0.396 e. The second kappa shape index (κ2) is 5.82. The van der Waals surface area contributed by atoms with E-state index in [-0.39, 0.29) is 17.8 Å². The first-order valence-electron chi connectivity index (χ1n) is 7.82. The first-order valence-corrected chi connectivity index (χ1v) is 7.82. The normalized spacial score (nSPS) is 22.9. The fraction of sp³-hybridized carbons (Fsp3) is 0.647. The number of halogens is 1. The van der Waals surface area contributed by atoms with Gasteiger partial charge in [-0.05, 0) is 49.3 Å². The van der Waals surface area contributed by atoms with Crippen molar-refractivity contribution in [1.82, 2.24) is 5.32 Å². The molecule has 0 bridgehead atoms. The molecule has 0 radical (unpaired) electrons. The van der Waals surface area contributed by atoms with Crippen LogP contribution in [0.25, 0.3) is 0 Å². The molecule has 0 heterocycles. The molecule has 3 heteroatoms. The zero-order valence-electron chi connectivity index (χ0n) is 11.9. The number of nitrogens with one attached hydrogen (secondary N) is 1. The summed E-state index contributed by atoms with van der Waals surface area (Å²) in [6, 6.07) is 7.20. The molecule has 1 aromatic rings. The van der Waals surface area contributed by atoms with Gasteiger partial charge in [0.1, 0.15) is 5.82 Å². The summed E-state index contributed by atoms with van der Waals surface area (Å²) in [6.07, 6.45) is 7.21. The summed E-state index contributed by atoms with van der Waals surface area (Å²) in [5, 5.41) is 13.4. The third-order valence-electron chi connectivity index (χ3n) is 5.02. The summed E-state index contributed by atoms with van der Waals surface area (Å²) in [5.74, 6) is 0.503. The molecule has 1 unspecified atom stereocenters. The molecule has 0 aromatic heterocycles. The summed E-state index contributed by atoms with van der Waals surface area (Å²) >= 11 is 0. The highest BCUT2D eigenvalue weighted by Crippen LogP contribution is 2.43. The quantitative estimate of drug-likeness (QED) is 0.835. The third kappa shape index (κ3) is 3.04. The monoisotopic (exact) mass is 277 g/mol. The number of hydrogen-bond donors (Lipinski definition) is 2. The predicted octanol–water partition coefficient (Wildman–Crippen LogP) is 3.42. The van der Waals surface area contributed by atoms with Crippen molar-refractivity contribution in [3.05, 3.63) is 35.6 Å². The Labute approximate surface area is 120 Å². The molecule has 2 nitrogen and oxygen atoms in total. The van der Waals surface area contributed by atoms with Gasteiger partial charge in [-0.3, -0.25) is 0 Å². The molecule has 0 spiro atoms. The Hall–Kier alpha value is -0.930. The van der Waals surface area contributed by atoms with Crippen LogP contribution in [0.15, 0.2) is 24.3 Å². The zero-order valence-corrected chi connectivity index (χ0v) is 11.9. The van der Waals surface area contributed by atoms with Gasteiger partial charge in [0, 0.05) is 24.6 Å². The van der Waals surface area contributed by atoms with E-state index in [0.29, 0.717) is 12.0 Å². The SMILES string of the molecule is OCC1(CNC(c2ccc(F)cc2)C2CC2)CCCC1. The van der Waals surface area contributed by atoms with Gasteiger partial charge in [0.05, 0.1) is 0 Å². The van der Waals surface area contributed by atoms with Crippen LogP contribution in [0.1, 0.15) is 50.1 Å². The van der Waals surface area contributed by atoms with Crippen LogP contribution in [-0.2, 0) is 0 Å². The molecule has 0 amide bonds. The molecule has 2 N–H and O–H groups in total. The Balaban J connectivity index is 1.67. The minimum Gasteiger partial charge on any atom is -0.396 e. The van der Waals surface area contributed by atoms with Crippen LogP contribution >= 0.6 is 0 Å². The molecule has 2 saturated carbocycles. The maximum atomic E-state index is 13.1. The van der Waals surface area contributed by atoms with E-state index in [1.807, 2.05) is 12.1 Å². The van der Waals surface area contributed by atoms with Crippen LogP contribution in [-0.4, -0.2) is 18.3 Å². The van der Waals surface area contributed by atoms with Gasteiger partial charge in [0.2, 0.25) is 0 Å². The van der Waals surface area contributed by atoms with E-state index in [1.54, 1.807) is 12.1 Å². The molecule has 2 fully saturated rings. The molecule has 2 aliphatic rings. The van der Waals surface area contributed by atoms with Crippen LogP contribution in [0.3, 0.4) is 0 Å². The van der Waals surface area contributed by atoms with Gasteiger partial charge in [0.15, 0.2) is 0 Å². The molecular formula is C17H24FNO. The number of rotatable bonds is 6. The minimum absolute atomic E-state index is 0.0766. The second-order valence-electron chi connectivity index (χ2n) is 6.61. The molecule has 2 aliphatic carbocycles. The van der Waals surface area contributed by atoms with Crippen molar-refractivity contribution in [1.29, 1.82) is 0 Å². The van der Waals surface area contributed by atoms with Crippen molar-refractivity contribution in [2.75, 3.05) is 13.2 Å². The van der Waals surface area contributed by atoms with Crippen LogP contribution < -0.4 is 5.32 Å². The Morgan fingerprint density at radius 3 is 2.40 bits per heavy atom. The lowest BCUT2D eigenvalue weighted by Crippen LogP contribution is -2.37. The number of aliphatic hydroxyl groups excluding tert-OH is 1. The van der Waals surface area contributed by atoms with Crippen LogP contribution in [0.4, 0.5) is 4.39 Å². The average Bonchev–Trinajstić information content (AvgIpc) is 3.19. The summed E-state index contributed by atoms with van der Waals surface area (Å²) < 4.78 is 13.1. The van der Waals surface area contributed by atoms with E-state index < -0.39 is 0 Å². The lowest BCUT2D eigenvalue weighted by Gasteiger charge is -2.30. The molecule has 0 saturated heterocycles. The summed E-state index contributed by atoms with van der Waals surface area (Å²) in [4.78, 5) is 0. The van der Waals surface area contributed by atoms with Gasteiger partial charge in [-0.1, -0.05) is 25.0 Å². The van der Waals surface area contributed by atoms with E-state index >= 15 is 0 Å². The average molecular weight is 277 g/mol. The van der Waals surface area contributed by atoms with Crippen LogP contribution in [0.5, 0.6) is 0 Å². The zero-order chi connectivity index (χ0) is 14.0. The van der Waals surface area contributed by atoms with E-state index in [1.165, 1.54) is 31.2 Å². The van der Waals surface area contributed by atoms with Gasteiger partial charge in [-0.2, -0.15) is 0 Å². The molecular weight excluding hydrogens is 253 g/mol. The van der Waals surface area contributed by atoms with Gasteiger partial charge in [-0.25, -0.2) is 4.39 Å². The lowest BCUT2D eigenvalue weighted by atomic mass is 9.86. The fourth-order valence-corrected chi connectivity index (χ4v) is 3.50. The lowest BCUT2D eigenvalue weighted by molar-refractivity contribution is 0.123. The summed E-state index contributed by atoms with van der Waals surface area (Å²) in [5.41, 5.74) is 1.26. The first-order chi connectivity index (χ1) is 9.72. The molecule has 0 aliphatic heterocycles. The summed E-state index contributed by atoms with van der Waals surface area (Å²) in [6.45, 7) is 1.16. The van der Waals surface area contributed by atoms with Gasteiger partial charge >= 0.3 is 0 Å². The third-order valence-corrected chi connectivity index (χ3v) is 5.02. The van der Waals surface area contributed by atoms with Crippen molar-refractivity contribution in [3.63, 3.8) is 0 Å². The Bertz CT molecular complexity index is 435. The molecule has 20 heavy (non-hydrogen) atoms. The van der Waals surface area contributed by atoms with Crippen molar-refractivity contribution in [3.8, 4) is 0 Å². The Morgan fingerprint density at radius 2 is 1.85 bits per heavy atom. The second-order valence-corrected chi connectivity index (χ2v) is 6.61. The predicted molar refractivity (Wildman–Crippen MR) is 77.9 cm³/mol. The van der Waals surface area contributed by atoms with Gasteiger partial charge in [-0.15, -0.1) is 0 Å². The van der Waals surface area contributed by atoms with Crippen molar-refractivity contribution < 1.29 is 9.50 Å². The van der Waals surface area contributed by atoms with E-state index in [9.17, 15) is 9.50 Å². The Kier molecular flexibility index (Phi) is 4.08. The van der Waals surface area contributed by atoms with Crippen molar-refractivity contribution in [2.24, 2.45) is 11.3 Å². The molecule has 110 valence electrons. The number of benzene rings is 1. The molecule has 3 rings (SSSR count). The van der Waals surface area contributed by atoms with Crippen molar-refractivity contribution in [2.45, 2.75) is 44.6 Å².